The topological polar surface area (TPSA) is 67.6 Å². The molecule has 0 aliphatic rings. The average Bonchev–Trinajstić information content (AvgIpc) is 2.37. The summed E-state index contributed by atoms with van der Waals surface area (Å²) in [6.07, 6.45) is 4.86. The van der Waals surface area contributed by atoms with Crippen LogP contribution in [0.4, 0.5) is 5.95 Å². The number of aromatic nitrogens is 2. The number of nitrogens with zero attached hydrogens (tertiary/aromatic N) is 3. The van der Waals surface area contributed by atoms with Crippen LogP contribution in [0.15, 0.2) is 12.4 Å². The fourth-order valence-electron chi connectivity index (χ4n) is 0.858. The van der Waals surface area contributed by atoms with Crippen molar-refractivity contribution in [3.05, 3.63) is 12.4 Å². The summed E-state index contributed by atoms with van der Waals surface area (Å²) in [6, 6.07) is 2.08. The molecular formula is C7H11ClN4. The van der Waals surface area contributed by atoms with Crippen LogP contribution in [-0.4, -0.2) is 9.55 Å². The average molecular weight is 187 g/mol. The molecular weight excluding hydrogens is 176 g/mol. The van der Waals surface area contributed by atoms with Crippen molar-refractivity contribution in [3.63, 3.8) is 0 Å². The molecule has 0 spiro atoms. The Hall–Kier alpha value is -1.21. The SMILES string of the molecule is Cl.N#CCCCn1ccnc1N. The molecule has 1 heterocycles. The molecule has 4 nitrogen and oxygen atoms in total. The Morgan fingerprint density at radius 3 is 2.92 bits per heavy atom. The number of hydrogen-bond donors (Lipinski definition) is 1. The zero-order chi connectivity index (χ0) is 8.10. The molecule has 0 fully saturated rings. The van der Waals surface area contributed by atoms with Gasteiger partial charge in [-0.25, -0.2) is 4.98 Å². The van der Waals surface area contributed by atoms with Gasteiger partial charge in [-0.15, -0.1) is 12.4 Å². The highest BCUT2D eigenvalue weighted by Crippen LogP contribution is 2.00. The van der Waals surface area contributed by atoms with Crippen molar-refractivity contribution < 1.29 is 0 Å². The van der Waals surface area contributed by atoms with Gasteiger partial charge in [0.05, 0.1) is 6.07 Å². The summed E-state index contributed by atoms with van der Waals surface area (Å²) in [5, 5.41) is 8.26. The molecule has 0 radical (unpaired) electrons. The molecule has 2 N–H and O–H groups in total. The lowest BCUT2D eigenvalue weighted by atomic mass is 10.3. The lowest BCUT2D eigenvalue weighted by Gasteiger charge is -2.00. The van der Waals surface area contributed by atoms with Gasteiger partial charge in [-0.05, 0) is 6.42 Å². The van der Waals surface area contributed by atoms with E-state index in [-0.39, 0.29) is 12.4 Å². The highest BCUT2D eigenvalue weighted by atomic mass is 35.5. The van der Waals surface area contributed by atoms with Gasteiger partial charge in [0.1, 0.15) is 0 Å². The maximum Gasteiger partial charge on any atom is 0.200 e. The van der Waals surface area contributed by atoms with Gasteiger partial charge in [0, 0.05) is 25.4 Å². The molecule has 0 saturated carbocycles. The first-order chi connectivity index (χ1) is 5.34. The van der Waals surface area contributed by atoms with Crippen LogP contribution in [0.25, 0.3) is 0 Å². The number of halogens is 1. The van der Waals surface area contributed by atoms with Crippen LogP contribution in [0.5, 0.6) is 0 Å². The molecule has 5 heteroatoms. The third-order valence-corrected chi connectivity index (χ3v) is 1.44. The Kier molecular flexibility index (Phi) is 4.89. The second kappa shape index (κ2) is 5.44. The van der Waals surface area contributed by atoms with E-state index in [0.29, 0.717) is 12.4 Å². The van der Waals surface area contributed by atoms with Gasteiger partial charge in [-0.1, -0.05) is 0 Å². The van der Waals surface area contributed by atoms with E-state index in [1.165, 1.54) is 0 Å². The zero-order valence-corrected chi connectivity index (χ0v) is 7.42. The largest absolute Gasteiger partial charge is 0.369 e. The highest BCUT2D eigenvalue weighted by Gasteiger charge is 1.95. The Morgan fingerprint density at radius 2 is 2.42 bits per heavy atom. The van der Waals surface area contributed by atoms with Crippen molar-refractivity contribution in [2.75, 3.05) is 5.73 Å². The summed E-state index contributed by atoms with van der Waals surface area (Å²) in [7, 11) is 0. The maximum absolute atomic E-state index is 8.26. The van der Waals surface area contributed by atoms with E-state index in [0.717, 1.165) is 13.0 Å². The van der Waals surface area contributed by atoms with Gasteiger partial charge >= 0.3 is 0 Å². The van der Waals surface area contributed by atoms with E-state index >= 15 is 0 Å². The van der Waals surface area contributed by atoms with Crippen molar-refractivity contribution in [1.82, 2.24) is 9.55 Å². The van der Waals surface area contributed by atoms with Crippen LogP contribution in [0.1, 0.15) is 12.8 Å². The van der Waals surface area contributed by atoms with E-state index in [2.05, 4.69) is 11.1 Å². The molecule has 0 amide bonds. The molecule has 66 valence electrons. The number of imidazole rings is 1. The Balaban J connectivity index is 0.00000121. The van der Waals surface area contributed by atoms with Crippen LogP contribution in [-0.2, 0) is 6.54 Å². The van der Waals surface area contributed by atoms with E-state index in [1.807, 2.05) is 10.8 Å². The van der Waals surface area contributed by atoms with Gasteiger partial charge in [-0.3, -0.25) is 0 Å². The number of rotatable bonds is 3. The molecule has 0 unspecified atom stereocenters. The Labute approximate surface area is 77.4 Å². The molecule has 0 aromatic carbocycles. The summed E-state index contributed by atoms with van der Waals surface area (Å²) in [6.45, 7) is 0.777. The van der Waals surface area contributed by atoms with E-state index in [1.54, 1.807) is 6.20 Å². The third kappa shape index (κ3) is 2.81. The molecule has 0 saturated heterocycles. The number of anilines is 1. The van der Waals surface area contributed by atoms with Crippen LogP contribution < -0.4 is 5.73 Å². The first-order valence-electron chi connectivity index (χ1n) is 3.48. The van der Waals surface area contributed by atoms with E-state index in [9.17, 15) is 0 Å². The number of nitrogen functional groups attached to an aromatic ring is 1. The lowest BCUT2D eigenvalue weighted by Crippen LogP contribution is -2.01. The number of nitriles is 1. The number of aryl methyl sites for hydroxylation is 1. The van der Waals surface area contributed by atoms with Crippen LogP contribution in [0, 0.1) is 11.3 Å². The van der Waals surface area contributed by atoms with Gasteiger partial charge in [0.2, 0.25) is 0 Å². The van der Waals surface area contributed by atoms with Crippen LogP contribution in [0.2, 0.25) is 0 Å². The molecule has 1 aromatic heterocycles. The predicted octanol–water partition coefficient (Wildman–Crippen LogP) is 1.19. The van der Waals surface area contributed by atoms with Gasteiger partial charge in [-0.2, -0.15) is 5.26 Å². The number of hydrogen-bond acceptors (Lipinski definition) is 3. The Bertz CT molecular complexity index is 263. The first-order valence-corrected chi connectivity index (χ1v) is 3.48. The summed E-state index contributed by atoms with van der Waals surface area (Å²) in [5.74, 6) is 0.517. The summed E-state index contributed by atoms with van der Waals surface area (Å²) < 4.78 is 1.83. The smallest absolute Gasteiger partial charge is 0.200 e. The molecule has 0 aliphatic heterocycles. The van der Waals surface area contributed by atoms with Gasteiger partial charge < -0.3 is 10.3 Å². The quantitative estimate of drug-likeness (QED) is 0.722. The maximum atomic E-state index is 8.26. The number of nitrogens with two attached hydrogens (primary N) is 1. The monoisotopic (exact) mass is 186 g/mol. The van der Waals surface area contributed by atoms with Crippen molar-refractivity contribution in [2.24, 2.45) is 0 Å². The fourth-order valence-corrected chi connectivity index (χ4v) is 0.858. The summed E-state index contributed by atoms with van der Waals surface area (Å²) in [4.78, 5) is 3.85. The summed E-state index contributed by atoms with van der Waals surface area (Å²) >= 11 is 0. The zero-order valence-electron chi connectivity index (χ0n) is 6.60. The number of unbranched alkanes of at least 4 members (excludes halogenated alkanes) is 1. The van der Waals surface area contributed by atoms with Crippen LogP contribution >= 0.6 is 12.4 Å². The molecule has 1 rings (SSSR count). The fraction of sp³-hybridized carbons (Fsp3) is 0.429. The minimum atomic E-state index is 0. The molecule has 0 aliphatic carbocycles. The predicted molar refractivity (Wildman–Crippen MR) is 48.7 cm³/mol. The van der Waals surface area contributed by atoms with Crippen molar-refractivity contribution in [2.45, 2.75) is 19.4 Å². The van der Waals surface area contributed by atoms with Gasteiger partial charge in [0.25, 0.3) is 0 Å². The molecule has 12 heavy (non-hydrogen) atoms. The summed E-state index contributed by atoms with van der Waals surface area (Å²) in [5.41, 5.74) is 5.49. The van der Waals surface area contributed by atoms with Crippen molar-refractivity contribution in [1.29, 1.82) is 5.26 Å². The third-order valence-electron chi connectivity index (χ3n) is 1.44. The first kappa shape index (κ1) is 10.8. The molecule has 0 bridgehead atoms. The van der Waals surface area contributed by atoms with E-state index < -0.39 is 0 Å². The lowest BCUT2D eigenvalue weighted by molar-refractivity contribution is 0.661. The van der Waals surface area contributed by atoms with Crippen molar-refractivity contribution in [3.8, 4) is 6.07 Å². The standard InChI is InChI=1S/C7H10N4.ClH/c8-3-1-2-5-11-6-4-10-7(11)9;/h4,6H,1-2,5H2,(H2,9,10);1H. The molecule has 0 atom stereocenters. The molecule has 1 aromatic rings. The Morgan fingerprint density at radius 1 is 1.67 bits per heavy atom. The van der Waals surface area contributed by atoms with Crippen LogP contribution in [0.3, 0.4) is 0 Å². The van der Waals surface area contributed by atoms with Crippen molar-refractivity contribution >= 4 is 18.4 Å². The minimum Gasteiger partial charge on any atom is -0.369 e. The normalized spacial score (nSPS) is 8.58. The highest BCUT2D eigenvalue weighted by molar-refractivity contribution is 5.85. The van der Waals surface area contributed by atoms with E-state index in [4.69, 9.17) is 11.0 Å². The van der Waals surface area contributed by atoms with Gasteiger partial charge in [0.15, 0.2) is 5.95 Å². The second-order valence-electron chi connectivity index (χ2n) is 2.24. The second-order valence-corrected chi connectivity index (χ2v) is 2.24. The minimum absolute atomic E-state index is 0.